The molecular formula is C23H29N5OS. The molecule has 6 nitrogen and oxygen atoms in total. The Hall–Kier alpha value is -2.67. The molecule has 1 amide bonds. The second kappa shape index (κ2) is 11.5. The van der Waals surface area contributed by atoms with E-state index in [2.05, 4.69) is 51.0 Å². The van der Waals surface area contributed by atoms with Gasteiger partial charge in [-0.05, 0) is 31.0 Å². The number of hydrogen-bond acceptors (Lipinski definition) is 5. The fourth-order valence-corrected chi connectivity index (χ4v) is 3.99. The van der Waals surface area contributed by atoms with Crippen LogP contribution >= 0.6 is 11.8 Å². The number of nitrogens with zero attached hydrogens (tertiary/aromatic N) is 4. The van der Waals surface area contributed by atoms with Gasteiger partial charge in [0.25, 0.3) is 0 Å². The van der Waals surface area contributed by atoms with Gasteiger partial charge in [-0.1, -0.05) is 68.3 Å². The lowest BCUT2D eigenvalue weighted by Crippen LogP contribution is -2.33. The number of aromatic nitrogens is 4. The highest BCUT2D eigenvalue weighted by Gasteiger charge is 2.16. The summed E-state index contributed by atoms with van der Waals surface area (Å²) in [6, 6.07) is 14.2. The summed E-state index contributed by atoms with van der Waals surface area (Å²) in [5, 5.41) is 12.6. The second-order valence-corrected chi connectivity index (χ2v) is 8.31. The average molecular weight is 424 g/mol. The van der Waals surface area contributed by atoms with Gasteiger partial charge in [-0.25, -0.2) is 0 Å². The molecule has 0 saturated heterocycles. The van der Waals surface area contributed by atoms with Crippen LogP contribution < -0.4 is 5.32 Å². The molecule has 7 heteroatoms. The molecule has 0 aliphatic carbocycles. The molecule has 1 atom stereocenters. The fourth-order valence-electron chi connectivity index (χ4n) is 3.24. The molecule has 1 N–H and O–H groups in total. The van der Waals surface area contributed by atoms with E-state index >= 15 is 0 Å². The van der Waals surface area contributed by atoms with Crippen molar-refractivity contribution < 1.29 is 4.79 Å². The summed E-state index contributed by atoms with van der Waals surface area (Å²) in [7, 11) is 0. The number of benzene rings is 1. The van der Waals surface area contributed by atoms with E-state index in [4.69, 9.17) is 0 Å². The Morgan fingerprint density at radius 2 is 1.87 bits per heavy atom. The molecule has 3 rings (SSSR count). The third-order valence-corrected chi connectivity index (χ3v) is 5.79. The van der Waals surface area contributed by atoms with Gasteiger partial charge < -0.3 is 5.32 Å². The van der Waals surface area contributed by atoms with Crippen molar-refractivity contribution in [3.05, 3.63) is 60.4 Å². The summed E-state index contributed by atoms with van der Waals surface area (Å²) < 4.78 is 2.06. The second-order valence-electron chi connectivity index (χ2n) is 7.37. The van der Waals surface area contributed by atoms with Crippen LogP contribution in [-0.4, -0.2) is 37.5 Å². The van der Waals surface area contributed by atoms with E-state index in [-0.39, 0.29) is 11.9 Å². The Kier molecular flexibility index (Phi) is 8.44. The maximum atomic E-state index is 12.4. The number of nitrogens with one attached hydrogen (secondary N) is 1. The van der Waals surface area contributed by atoms with E-state index in [0.29, 0.717) is 12.3 Å². The van der Waals surface area contributed by atoms with E-state index in [0.717, 1.165) is 34.9 Å². The minimum Gasteiger partial charge on any atom is -0.353 e. The molecule has 0 spiro atoms. The normalized spacial score (nSPS) is 11.9. The van der Waals surface area contributed by atoms with Gasteiger partial charge in [-0.3, -0.25) is 14.3 Å². The molecule has 0 radical (unpaired) electrons. The maximum absolute atomic E-state index is 12.4. The van der Waals surface area contributed by atoms with Gasteiger partial charge in [-0.2, -0.15) is 0 Å². The first-order chi connectivity index (χ1) is 14.7. The van der Waals surface area contributed by atoms with Crippen LogP contribution in [-0.2, 0) is 11.3 Å². The van der Waals surface area contributed by atoms with Crippen LogP contribution in [0.2, 0.25) is 0 Å². The van der Waals surface area contributed by atoms with Crippen molar-refractivity contribution in [2.24, 2.45) is 0 Å². The molecule has 2 aromatic heterocycles. The van der Waals surface area contributed by atoms with Crippen molar-refractivity contribution in [1.29, 1.82) is 0 Å². The van der Waals surface area contributed by atoms with Gasteiger partial charge in [0.05, 0.1) is 12.3 Å². The van der Waals surface area contributed by atoms with Crippen molar-refractivity contribution in [2.75, 3.05) is 5.75 Å². The average Bonchev–Trinajstić information content (AvgIpc) is 3.16. The number of carbonyl (C=O) groups is 1. The smallest absolute Gasteiger partial charge is 0.230 e. The molecule has 1 aromatic carbocycles. The molecule has 2 heterocycles. The van der Waals surface area contributed by atoms with Crippen molar-refractivity contribution in [1.82, 2.24) is 25.1 Å². The molecular weight excluding hydrogens is 394 g/mol. The quantitative estimate of drug-likeness (QED) is 0.361. The van der Waals surface area contributed by atoms with E-state index in [9.17, 15) is 4.79 Å². The summed E-state index contributed by atoms with van der Waals surface area (Å²) in [5.41, 5.74) is 2.11. The predicted octanol–water partition coefficient (Wildman–Crippen LogP) is 4.57. The SMILES string of the molecule is CCCCC[C@@H](C)NC(=O)CSc1nnc(-c2ccncc2)n1Cc1ccccc1. The molecule has 0 saturated carbocycles. The molecule has 158 valence electrons. The number of carbonyl (C=O) groups excluding carboxylic acids is 1. The topological polar surface area (TPSA) is 72.7 Å². The Balaban J connectivity index is 1.69. The Morgan fingerprint density at radius 3 is 2.60 bits per heavy atom. The minimum absolute atomic E-state index is 0.0312. The maximum Gasteiger partial charge on any atom is 0.230 e. The summed E-state index contributed by atoms with van der Waals surface area (Å²) in [6.45, 7) is 4.90. The lowest BCUT2D eigenvalue weighted by atomic mass is 10.1. The zero-order chi connectivity index (χ0) is 21.2. The summed E-state index contributed by atoms with van der Waals surface area (Å²) in [6.07, 6.45) is 8.04. The largest absolute Gasteiger partial charge is 0.353 e. The number of unbranched alkanes of at least 4 members (excludes halogenated alkanes) is 2. The molecule has 0 fully saturated rings. The first-order valence-corrected chi connectivity index (χ1v) is 11.5. The Labute approximate surface area is 182 Å². The number of amides is 1. The molecule has 0 bridgehead atoms. The molecule has 0 unspecified atom stereocenters. The van der Waals surface area contributed by atoms with Gasteiger partial charge >= 0.3 is 0 Å². The summed E-state index contributed by atoms with van der Waals surface area (Å²) in [5.74, 6) is 1.13. The van der Waals surface area contributed by atoms with Crippen LogP contribution in [0.4, 0.5) is 0 Å². The highest BCUT2D eigenvalue weighted by atomic mass is 32.2. The lowest BCUT2D eigenvalue weighted by Gasteiger charge is -2.14. The number of thioether (sulfide) groups is 1. The third-order valence-electron chi connectivity index (χ3n) is 4.82. The van der Waals surface area contributed by atoms with Crippen molar-refractivity contribution >= 4 is 17.7 Å². The van der Waals surface area contributed by atoms with E-state index in [1.807, 2.05) is 30.3 Å². The monoisotopic (exact) mass is 423 g/mol. The number of hydrogen-bond donors (Lipinski definition) is 1. The Morgan fingerprint density at radius 1 is 1.10 bits per heavy atom. The van der Waals surface area contributed by atoms with Gasteiger partial charge in [-0.15, -0.1) is 10.2 Å². The minimum atomic E-state index is 0.0312. The summed E-state index contributed by atoms with van der Waals surface area (Å²) in [4.78, 5) is 16.5. The number of pyridine rings is 1. The fraction of sp³-hybridized carbons (Fsp3) is 0.391. The van der Waals surface area contributed by atoms with Crippen LogP contribution in [0.25, 0.3) is 11.4 Å². The Bertz CT molecular complexity index is 914. The molecule has 30 heavy (non-hydrogen) atoms. The van der Waals surface area contributed by atoms with Gasteiger partial charge in [0, 0.05) is 24.0 Å². The molecule has 0 aliphatic rings. The van der Waals surface area contributed by atoms with Crippen LogP contribution in [0, 0.1) is 0 Å². The van der Waals surface area contributed by atoms with Crippen LogP contribution in [0.5, 0.6) is 0 Å². The van der Waals surface area contributed by atoms with Gasteiger partial charge in [0.15, 0.2) is 11.0 Å². The lowest BCUT2D eigenvalue weighted by molar-refractivity contribution is -0.119. The zero-order valence-corrected chi connectivity index (χ0v) is 18.4. The van der Waals surface area contributed by atoms with Crippen molar-refractivity contribution in [3.63, 3.8) is 0 Å². The zero-order valence-electron chi connectivity index (χ0n) is 17.6. The van der Waals surface area contributed by atoms with Gasteiger partial charge in [0.2, 0.25) is 5.91 Å². The predicted molar refractivity (Wildman–Crippen MR) is 121 cm³/mol. The van der Waals surface area contributed by atoms with E-state index in [1.165, 1.54) is 24.6 Å². The van der Waals surface area contributed by atoms with Crippen molar-refractivity contribution in [3.8, 4) is 11.4 Å². The number of rotatable bonds is 11. The highest BCUT2D eigenvalue weighted by molar-refractivity contribution is 7.99. The first kappa shape index (κ1) is 22.0. The summed E-state index contributed by atoms with van der Waals surface area (Å²) >= 11 is 1.42. The van der Waals surface area contributed by atoms with Crippen LogP contribution in [0.3, 0.4) is 0 Å². The molecule has 3 aromatic rings. The highest BCUT2D eigenvalue weighted by Crippen LogP contribution is 2.24. The molecule has 0 aliphatic heterocycles. The van der Waals surface area contributed by atoms with E-state index < -0.39 is 0 Å². The van der Waals surface area contributed by atoms with Crippen LogP contribution in [0.15, 0.2) is 60.0 Å². The van der Waals surface area contributed by atoms with Gasteiger partial charge in [0.1, 0.15) is 0 Å². The van der Waals surface area contributed by atoms with Crippen LogP contribution in [0.1, 0.15) is 45.1 Å². The third kappa shape index (κ3) is 6.42. The van der Waals surface area contributed by atoms with Crippen molar-refractivity contribution in [2.45, 2.75) is 57.3 Å². The first-order valence-electron chi connectivity index (χ1n) is 10.5. The van der Waals surface area contributed by atoms with E-state index in [1.54, 1.807) is 12.4 Å². The standard InChI is InChI=1S/C23H29N5OS/c1-3-4-6-9-18(2)25-21(29)17-30-23-27-26-22(20-12-14-24-15-13-20)28(23)16-19-10-7-5-8-11-19/h5,7-8,10-15,18H,3-4,6,9,16-17H2,1-2H3,(H,25,29)/t18-/m1/s1.